The standard InChI is InChI=1S/C8H15N3O2/c1-3-9-7(12)11-10-4-8(2)5-13-6-8/h4H,3,5-6H2,1-2H3,(H2,9,11,12)/b10-4+. The van der Waals surface area contributed by atoms with Gasteiger partial charge in [-0.2, -0.15) is 5.10 Å². The van der Waals surface area contributed by atoms with E-state index < -0.39 is 0 Å². The molecule has 13 heavy (non-hydrogen) atoms. The van der Waals surface area contributed by atoms with E-state index in [4.69, 9.17) is 4.74 Å². The normalized spacial score (nSPS) is 19.5. The SMILES string of the molecule is CCNC(=O)N/N=C/C1(C)COC1. The van der Waals surface area contributed by atoms with Gasteiger partial charge in [0.25, 0.3) is 0 Å². The Hall–Kier alpha value is -1.10. The molecule has 1 aliphatic rings. The van der Waals surface area contributed by atoms with Gasteiger partial charge in [-0.15, -0.1) is 0 Å². The van der Waals surface area contributed by atoms with Crippen molar-refractivity contribution in [1.29, 1.82) is 0 Å². The molecule has 0 unspecified atom stereocenters. The first-order chi connectivity index (χ1) is 6.16. The van der Waals surface area contributed by atoms with Gasteiger partial charge in [0.05, 0.1) is 18.6 Å². The minimum Gasteiger partial charge on any atom is -0.379 e. The van der Waals surface area contributed by atoms with Crippen LogP contribution in [0.15, 0.2) is 5.10 Å². The van der Waals surface area contributed by atoms with Crippen LogP contribution in [0.3, 0.4) is 0 Å². The van der Waals surface area contributed by atoms with E-state index in [1.807, 2.05) is 13.8 Å². The van der Waals surface area contributed by atoms with Crippen molar-refractivity contribution in [3.05, 3.63) is 0 Å². The highest BCUT2D eigenvalue weighted by Gasteiger charge is 2.31. The van der Waals surface area contributed by atoms with Crippen molar-refractivity contribution < 1.29 is 9.53 Å². The van der Waals surface area contributed by atoms with Gasteiger partial charge in [0.1, 0.15) is 0 Å². The van der Waals surface area contributed by atoms with E-state index in [2.05, 4.69) is 15.8 Å². The van der Waals surface area contributed by atoms with Crippen molar-refractivity contribution in [2.75, 3.05) is 19.8 Å². The lowest BCUT2D eigenvalue weighted by Gasteiger charge is -2.33. The highest BCUT2D eigenvalue weighted by Crippen LogP contribution is 2.23. The summed E-state index contributed by atoms with van der Waals surface area (Å²) in [4.78, 5) is 10.9. The first kappa shape index (κ1) is 9.98. The zero-order valence-electron chi connectivity index (χ0n) is 7.96. The average Bonchev–Trinajstić information content (AvgIpc) is 2.02. The predicted molar refractivity (Wildman–Crippen MR) is 49.6 cm³/mol. The van der Waals surface area contributed by atoms with Crippen LogP contribution in [0.5, 0.6) is 0 Å². The molecule has 0 radical (unpaired) electrons. The molecule has 0 aliphatic carbocycles. The van der Waals surface area contributed by atoms with Crippen LogP contribution in [0.1, 0.15) is 13.8 Å². The number of amides is 2. The summed E-state index contributed by atoms with van der Waals surface area (Å²) in [7, 11) is 0. The molecule has 0 saturated carbocycles. The highest BCUT2D eigenvalue weighted by atomic mass is 16.5. The zero-order valence-corrected chi connectivity index (χ0v) is 7.96. The van der Waals surface area contributed by atoms with Gasteiger partial charge in [0.2, 0.25) is 0 Å². The number of ether oxygens (including phenoxy) is 1. The number of carbonyl (C=O) groups excluding carboxylic acids is 1. The summed E-state index contributed by atoms with van der Waals surface area (Å²) in [6, 6.07) is -0.275. The van der Waals surface area contributed by atoms with Crippen LogP contribution in [-0.2, 0) is 4.74 Å². The Morgan fingerprint density at radius 3 is 2.85 bits per heavy atom. The number of rotatable bonds is 3. The van der Waals surface area contributed by atoms with E-state index in [0.29, 0.717) is 19.8 Å². The second-order valence-corrected chi connectivity index (χ2v) is 3.38. The number of hydrazone groups is 1. The van der Waals surface area contributed by atoms with Crippen LogP contribution in [0.4, 0.5) is 4.79 Å². The maximum absolute atomic E-state index is 10.9. The van der Waals surface area contributed by atoms with Gasteiger partial charge in [-0.3, -0.25) is 0 Å². The fraction of sp³-hybridized carbons (Fsp3) is 0.750. The minimum atomic E-state index is -0.275. The Kier molecular flexibility index (Phi) is 3.25. The average molecular weight is 185 g/mol. The molecule has 0 bridgehead atoms. The van der Waals surface area contributed by atoms with E-state index in [0.717, 1.165) is 0 Å². The number of nitrogens with zero attached hydrogens (tertiary/aromatic N) is 1. The predicted octanol–water partition coefficient (Wildman–Crippen LogP) is 0.328. The fourth-order valence-electron chi connectivity index (χ4n) is 0.945. The van der Waals surface area contributed by atoms with Crippen molar-refractivity contribution in [2.24, 2.45) is 10.5 Å². The molecule has 0 aromatic heterocycles. The lowest BCUT2D eigenvalue weighted by atomic mass is 9.91. The van der Waals surface area contributed by atoms with Crippen molar-refractivity contribution in [3.63, 3.8) is 0 Å². The largest absolute Gasteiger partial charge is 0.379 e. The molecule has 5 heteroatoms. The van der Waals surface area contributed by atoms with Crippen LogP contribution in [0.25, 0.3) is 0 Å². The Morgan fingerprint density at radius 2 is 2.38 bits per heavy atom. The van der Waals surface area contributed by atoms with E-state index in [1.165, 1.54) is 0 Å². The molecule has 2 amide bonds. The number of carbonyl (C=O) groups is 1. The van der Waals surface area contributed by atoms with Crippen molar-refractivity contribution >= 4 is 12.2 Å². The molecule has 0 atom stereocenters. The van der Waals surface area contributed by atoms with Crippen LogP contribution < -0.4 is 10.7 Å². The molecular weight excluding hydrogens is 170 g/mol. The molecule has 74 valence electrons. The highest BCUT2D eigenvalue weighted by molar-refractivity contribution is 5.75. The molecule has 0 spiro atoms. The van der Waals surface area contributed by atoms with Gasteiger partial charge in [-0.1, -0.05) is 6.92 Å². The Labute approximate surface area is 77.5 Å². The fourth-order valence-corrected chi connectivity index (χ4v) is 0.945. The summed E-state index contributed by atoms with van der Waals surface area (Å²) in [6.45, 7) is 5.83. The summed E-state index contributed by atoms with van der Waals surface area (Å²) in [5, 5.41) is 6.39. The molecule has 1 saturated heterocycles. The van der Waals surface area contributed by atoms with Crippen molar-refractivity contribution in [3.8, 4) is 0 Å². The molecule has 0 aromatic rings. The third-order valence-electron chi connectivity index (χ3n) is 1.74. The number of hydrogen-bond donors (Lipinski definition) is 2. The number of nitrogens with one attached hydrogen (secondary N) is 2. The summed E-state index contributed by atoms with van der Waals surface area (Å²) in [5.74, 6) is 0. The first-order valence-corrected chi connectivity index (χ1v) is 4.32. The van der Waals surface area contributed by atoms with Gasteiger partial charge in [0, 0.05) is 12.8 Å². The van der Waals surface area contributed by atoms with Gasteiger partial charge >= 0.3 is 6.03 Å². The third kappa shape index (κ3) is 3.02. The zero-order chi connectivity index (χ0) is 9.73. The number of urea groups is 1. The quantitative estimate of drug-likeness (QED) is 0.491. The summed E-state index contributed by atoms with van der Waals surface area (Å²) < 4.78 is 5.02. The summed E-state index contributed by atoms with van der Waals surface area (Å²) in [5.41, 5.74) is 2.37. The van der Waals surface area contributed by atoms with Gasteiger partial charge in [-0.25, -0.2) is 10.2 Å². The Bertz CT molecular complexity index is 211. The molecule has 1 heterocycles. The maximum Gasteiger partial charge on any atom is 0.335 e. The summed E-state index contributed by atoms with van der Waals surface area (Å²) in [6.07, 6.45) is 1.71. The van der Waals surface area contributed by atoms with E-state index >= 15 is 0 Å². The Morgan fingerprint density at radius 1 is 1.69 bits per heavy atom. The lowest BCUT2D eigenvalue weighted by Crippen LogP contribution is -2.42. The first-order valence-electron chi connectivity index (χ1n) is 4.32. The molecule has 1 fully saturated rings. The molecule has 0 aromatic carbocycles. The summed E-state index contributed by atoms with van der Waals surface area (Å²) >= 11 is 0. The maximum atomic E-state index is 10.9. The molecule has 5 nitrogen and oxygen atoms in total. The van der Waals surface area contributed by atoms with Crippen LogP contribution in [-0.4, -0.2) is 32.0 Å². The number of hydrogen-bond acceptors (Lipinski definition) is 3. The minimum absolute atomic E-state index is 0.000501. The smallest absolute Gasteiger partial charge is 0.335 e. The third-order valence-corrected chi connectivity index (χ3v) is 1.74. The monoisotopic (exact) mass is 185 g/mol. The van der Waals surface area contributed by atoms with Gasteiger partial charge < -0.3 is 10.1 Å². The van der Waals surface area contributed by atoms with Crippen molar-refractivity contribution in [2.45, 2.75) is 13.8 Å². The van der Waals surface area contributed by atoms with Crippen LogP contribution in [0.2, 0.25) is 0 Å². The molecule has 2 N–H and O–H groups in total. The van der Waals surface area contributed by atoms with E-state index in [1.54, 1.807) is 6.21 Å². The molecule has 1 aliphatic heterocycles. The lowest BCUT2D eigenvalue weighted by molar-refractivity contribution is -0.0556. The van der Waals surface area contributed by atoms with E-state index in [9.17, 15) is 4.79 Å². The van der Waals surface area contributed by atoms with Crippen LogP contribution in [0, 0.1) is 5.41 Å². The Balaban J connectivity index is 2.20. The molecule has 1 rings (SSSR count). The van der Waals surface area contributed by atoms with Gasteiger partial charge in [-0.05, 0) is 6.92 Å². The van der Waals surface area contributed by atoms with Crippen molar-refractivity contribution in [1.82, 2.24) is 10.7 Å². The molecular formula is C8H15N3O2. The van der Waals surface area contributed by atoms with Gasteiger partial charge in [0.15, 0.2) is 0 Å². The van der Waals surface area contributed by atoms with E-state index in [-0.39, 0.29) is 11.4 Å². The van der Waals surface area contributed by atoms with Crippen LogP contribution >= 0.6 is 0 Å². The topological polar surface area (TPSA) is 62.7 Å². The second kappa shape index (κ2) is 4.23. The second-order valence-electron chi connectivity index (χ2n) is 3.38.